The predicted octanol–water partition coefficient (Wildman–Crippen LogP) is 3.73. The molecule has 23 heavy (non-hydrogen) atoms. The number of benzene rings is 2. The van der Waals surface area contributed by atoms with E-state index in [1.54, 1.807) is 0 Å². The van der Waals surface area contributed by atoms with Crippen LogP contribution in [0.1, 0.15) is 22.3 Å². The normalized spacial score (nSPS) is 10.8. The minimum atomic E-state index is -0.384. The summed E-state index contributed by atoms with van der Waals surface area (Å²) in [5, 5.41) is 0. The Morgan fingerprint density at radius 2 is 1.35 bits per heavy atom. The van der Waals surface area contributed by atoms with E-state index in [-0.39, 0.29) is 5.69 Å². The quantitative estimate of drug-likeness (QED) is 0.784. The summed E-state index contributed by atoms with van der Waals surface area (Å²) in [6, 6.07) is 12.1. The zero-order valence-electron chi connectivity index (χ0n) is 13.8. The Kier molecular flexibility index (Phi) is 3.82. The van der Waals surface area contributed by atoms with Crippen molar-refractivity contribution in [2.45, 2.75) is 27.7 Å². The van der Waals surface area contributed by atoms with Gasteiger partial charge < -0.3 is 0 Å². The highest BCUT2D eigenvalue weighted by Crippen LogP contribution is 2.24. The van der Waals surface area contributed by atoms with Gasteiger partial charge >= 0.3 is 5.69 Å². The Morgan fingerprint density at radius 3 is 1.91 bits per heavy atom. The van der Waals surface area contributed by atoms with E-state index >= 15 is 0 Å². The lowest BCUT2D eigenvalue weighted by Gasteiger charge is -2.09. The van der Waals surface area contributed by atoms with E-state index in [4.69, 9.17) is 0 Å². The number of aromatic amines is 1. The van der Waals surface area contributed by atoms with Gasteiger partial charge in [-0.25, -0.2) is 9.78 Å². The second-order valence-electron chi connectivity index (χ2n) is 5.96. The molecule has 0 unspecified atom stereocenters. The molecule has 1 heterocycles. The summed E-state index contributed by atoms with van der Waals surface area (Å²) in [6.45, 7) is 8.10. The van der Waals surface area contributed by atoms with Gasteiger partial charge in [0, 0.05) is 11.1 Å². The molecule has 0 bridgehead atoms. The maximum Gasteiger partial charge on any atom is 0.348 e. The largest absolute Gasteiger partial charge is 0.348 e. The number of H-pyrrole nitrogens is 1. The van der Waals surface area contributed by atoms with Gasteiger partial charge in [-0.15, -0.1) is 0 Å². The third kappa shape index (κ3) is 3.06. The number of hydrogen-bond donors (Lipinski definition) is 1. The van der Waals surface area contributed by atoms with Crippen LogP contribution in [0.5, 0.6) is 0 Å². The van der Waals surface area contributed by atoms with Gasteiger partial charge in [0.15, 0.2) is 5.82 Å². The second kappa shape index (κ2) is 5.80. The molecule has 0 amide bonds. The highest BCUT2D eigenvalue weighted by atomic mass is 16.1. The SMILES string of the molecule is Cc1ccc(-c2nc(-c3ccc(C)cc3C)[nH]c(=O)n2)c(C)c1. The number of aromatic nitrogens is 3. The van der Waals surface area contributed by atoms with Crippen LogP contribution in [-0.2, 0) is 0 Å². The number of nitrogens with zero attached hydrogens (tertiary/aromatic N) is 2. The molecular weight excluding hydrogens is 286 g/mol. The Labute approximate surface area is 135 Å². The lowest BCUT2D eigenvalue weighted by Crippen LogP contribution is -2.15. The van der Waals surface area contributed by atoms with Crippen molar-refractivity contribution in [2.75, 3.05) is 0 Å². The summed E-state index contributed by atoms with van der Waals surface area (Å²) in [5.41, 5.74) is 5.90. The number of nitrogens with one attached hydrogen (secondary N) is 1. The van der Waals surface area contributed by atoms with Crippen LogP contribution in [0, 0.1) is 27.7 Å². The van der Waals surface area contributed by atoms with E-state index in [1.165, 1.54) is 11.1 Å². The van der Waals surface area contributed by atoms with E-state index in [0.717, 1.165) is 22.3 Å². The molecule has 116 valence electrons. The molecule has 4 heteroatoms. The molecule has 2 aromatic carbocycles. The van der Waals surface area contributed by atoms with E-state index in [2.05, 4.69) is 27.1 Å². The van der Waals surface area contributed by atoms with Crippen LogP contribution >= 0.6 is 0 Å². The van der Waals surface area contributed by atoms with Crippen molar-refractivity contribution < 1.29 is 0 Å². The molecule has 1 N–H and O–H groups in total. The van der Waals surface area contributed by atoms with E-state index in [1.807, 2.05) is 52.0 Å². The maximum atomic E-state index is 12.0. The van der Waals surface area contributed by atoms with E-state index in [9.17, 15) is 4.79 Å². The molecule has 0 saturated heterocycles. The van der Waals surface area contributed by atoms with Crippen LogP contribution in [0.4, 0.5) is 0 Å². The molecular formula is C19H19N3O. The first-order valence-corrected chi connectivity index (χ1v) is 7.57. The molecule has 0 fully saturated rings. The molecule has 0 radical (unpaired) electrons. The molecule has 4 nitrogen and oxygen atoms in total. The van der Waals surface area contributed by atoms with Crippen LogP contribution in [0.15, 0.2) is 41.2 Å². The third-order valence-electron chi connectivity index (χ3n) is 3.91. The predicted molar refractivity (Wildman–Crippen MR) is 92.5 cm³/mol. The number of rotatable bonds is 2. The van der Waals surface area contributed by atoms with Gasteiger partial charge in [-0.1, -0.05) is 47.5 Å². The summed E-state index contributed by atoms with van der Waals surface area (Å²) in [6.07, 6.45) is 0. The number of hydrogen-bond acceptors (Lipinski definition) is 3. The molecule has 3 aromatic rings. The fourth-order valence-electron chi connectivity index (χ4n) is 2.78. The Morgan fingerprint density at radius 1 is 0.783 bits per heavy atom. The fourth-order valence-corrected chi connectivity index (χ4v) is 2.78. The van der Waals surface area contributed by atoms with Crippen molar-refractivity contribution >= 4 is 0 Å². The average molecular weight is 305 g/mol. The molecule has 0 spiro atoms. The second-order valence-corrected chi connectivity index (χ2v) is 5.96. The monoisotopic (exact) mass is 305 g/mol. The smallest absolute Gasteiger partial charge is 0.290 e. The van der Waals surface area contributed by atoms with Gasteiger partial charge in [-0.2, -0.15) is 4.98 Å². The van der Waals surface area contributed by atoms with Crippen molar-refractivity contribution in [3.05, 3.63) is 69.1 Å². The third-order valence-corrected chi connectivity index (χ3v) is 3.91. The van der Waals surface area contributed by atoms with Gasteiger partial charge in [0.1, 0.15) is 5.82 Å². The van der Waals surface area contributed by atoms with E-state index in [0.29, 0.717) is 11.6 Å². The van der Waals surface area contributed by atoms with Crippen molar-refractivity contribution in [3.63, 3.8) is 0 Å². The zero-order valence-corrected chi connectivity index (χ0v) is 13.8. The summed E-state index contributed by atoms with van der Waals surface area (Å²) in [7, 11) is 0. The summed E-state index contributed by atoms with van der Waals surface area (Å²) >= 11 is 0. The summed E-state index contributed by atoms with van der Waals surface area (Å²) in [4.78, 5) is 23.4. The lowest BCUT2D eigenvalue weighted by molar-refractivity contribution is 0.999. The minimum Gasteiger partial charge on any atom is -0.290 e. The van der Waals surface area contributed by atoms with Crippen molar-refractivity contribution in [1.82, 2.24) is 15.0 Å². The Bertz CT molecular complexity index is 869. The molecule has 0 saturated carbocycles. The molecule has 3 rings (SSSR count). The maximum absolute atomic E-state index is 12.0. The molecule has 0 atom stereocenters. The zero-order chi connectivity index (χ0) is 16.6. The van der Waals surface area contributed by atoms with Crippen LogP contribution in [0.2, 0.25) is 0 Å². The summed E-state index contributed by atoms with van der Waals surface area (Å²) in [5.74, 6) is 1.01. The topological polar surface area (TPSA) is 58.6 Å². The van der Waals surface area contributed by atoms with Gasteiger partial charge in [-0.05, 0) is 38.8 Å². The highest BCUT2D eigenvalue weighted by molar-refractivity contribution is 5.65. The lowest BCUT2D eigenvalue weighted by atomic mass is 10.0. The molecule has 0 aliphatic heterocycles. The first-order valence-electron chi connectivity index (χ1n) is 7.57. The highest BCUT2D eigenvalue weighted by Gasteiger charge is 2.11. The van der Waals surface area contributed by atoms with Gasteiger partial charge in [0.25, 0.3) is 0 Å². The van der Waals surface area contributed by atoms with Crippen molar-refractivity contribution in [1.29, 1.82) is 0 Å². The molecule has 1 aromatic heterocycles. The van der Waals surface area contributed by atoms with Crippen LogP contribution in [-0.4, -0.2) is 15.0 Å². The van der Waals surface area contributed by atoms with Crippen LogP contribution < -0.4 is 5.69 Å². The standard InChI is InChI=1S/C19H19N3O/c1-11-5-7-15(13(3)9-11)17-20-18(22-19(23)21-17)16-8-6-12(2)10-14(16)4/h5-10H,1-4H3,(H,20,21,22,23). The van der Waals surface area contributed by atoms with Gasteiger partial charge in [-0.3, -0.25) is 4.98 Å². The summed E-state index contributed by atoms with van der Waals surface area (Å²) < 4.78 is 0. The first-order chi connectivity index (χ1) is 10.9. The van der Waals surface area contributed by atoms with Crippen LogP contribution in [0.3, 0.4) is 0 Å². The molecule has 0 aliphatic carbocycles. The van der Waals surface area contributed by atoms with Crippen LogP contribution in [0.25, 0.3) is 22.8 Å². The van der Waals surface area contributed by atoms with Crippen molar-refractivity contribution in [3.8, 4) is 22.8 Å². The fraction of sp³-hybridized carbons (Fsp3) is 0.211. The molecule has 0 aliphatic rings. The van der Waals surface area contributed by atoms with Crippen molar-refractivity contribution in [2.24, 2.45) is 0 Å². The van der Waals surface area contributed by atoms with E-state index < -0.39 is 0 Å². The van der Waals surface area contributed by atoms with Gasteiger partial charge in [0.2, 0.25) is 0 Å². The average Bonchev–Trinajstić information content (AvgIpc) is 2.46. The number of aryl methyl sites for hydroxylation is 4. The Balaban J connectivity index is 2.18. The van der Waals surface area contributed by atoms with Gasteiger partial charge in [0.05, 0.1) is 0 Å². The minimum absolute atomic E-state index is 0.384. The Hall–Kier alpha value is -2.75. The first kappa shape index (κ1) is 15.2.